The van der Waals surface area contributed by atoms with Gasteiger partial charge >= 0.3 is 0 Å². The van der Waals surface area contributed by atoms with Gasteiger partial charge in [-0.25, -0.2) is 9.97 Å². The second-order valence-corrected chi connectivity index (χ2v) is 8.12. The quantitative estimate of drug-likeness (QED) is 0.892. The average molecular weight is 358 g/mol. The van der Waals surface area contributed by atoms with E-state index in [4.69, 9.17) is 4.98 Å². The first-order valence-corrected chi connectivity index (χ1v) is 10.3. The van der Waals surface area contributed by atoms with Crippen molar-refractivity contribution in [2.24, 2.45) is 0 Å². The number of amides is 1. The lowest BCUT2D eigenvalue weighted by Crippen LogP contribution is -2.47. The molecule has 0 aliphatic carbocycles. The Morgan fingerprint density at radius 3 is 3.00 bits per heavy atom. The van der Waals surface area contributed by atoms with Crippen LogP contribution in [0.3, 0.4) is 0 Å². The number of piperidine rings is 2. The van der Waals surface area contributed by atoms with Gasteiger partial charge in [0.15, 0.2) is 0 Å². The highest BCUT2D eigenvalue weighted by atomic mass is 16.2. The summed E-state index contributed by atoms with van der Waals surface area (Å²) in [4.78, 5) is 26.6. The molecule has 6 nitrogen and oxygen atoms in total. The van der Waals surface area contributed by atoms with Crippen molar-refractivity contribution in [1.82, 2.24) is 25.1 Å². The number of rotatable bonds is 3. The highest BCUT2D eigenvalue weighted by Gasteiger charge is 2.27. The van der Waals surface area contributed by atoms with E-state index in [-0.39, 0.29) is 5.91 Å². The number of fused-ring (bicyclic) bond motifs is 1. The molecule has 142 valence electrons. The molecular formula is C20H31N5O. The Kier molecular flexibility index (Phi) is 5.50. The van der Waals surface area contributed by atoms with Crippen LogP contribution in [0.25, 0.3) is 0 Å². The van der Waals surface area contributed by atoms with Crippen LogP contribution in [0.2, 0.25) is 0 Å². The van der Waals surface area contributed by atoms with Crippen molar-refractivity contribution in [1.29, 1.82) is 0 Å². The van der Waals surface area contributed by atoms with Crippen LogP contribution in [0.4, 0.5) is 0 Å². The van der Waals surface area contributed by atoms with E-state index in [9.17, 15) is 4.79 Å². The molecule has 0 saturated carbocycles. The summed E-state index contributed by atoms with van der Waals surface area (Å²) >= 11 is 0. The van der Waals surface area contributed by atoms with Crippen LogP contribution >= 0.6 is 0 Å². The highest BCUT2D eigenvalue weighted by molar-refractivity contribution is 5.78. The zero-order chi connectivity index (χ0) is 17.9. The van der Waals surface area contributed by atoms with Gasteiger partial charge in [0.05, 0.1) is 12.2 Å². The minimum atomic E-state index is 0.255. The Balaban J connectivity index is 1.38. The molecule has 1 amide bonds. The maximum atomic E-state index is 12.8. The van der Waals surface area contributed by atoms with Gasteiger partial charge in [-0.1, -0.05) is 6.42 Å². The molecule has 0 spiro atoms. The Morgan fingerprint density at radius 1 is 1.27 bits per heavy atom. The van der Waals surface area contributed by atoms with E-state index in [1.54, 1.807) is 0 Å². The molecule has 0 aromatic carbocycles. The lowest BCUT2D eigenvalue weighted by molar-refractivity contribution is -0.134. The lowest BCUT2D eigenvalue weighted by Gasteiger charge is -2.35. The largest absolute Gasteiger partial charge is 0.337 e. The number of hydrogen-bond donors (Lipinski definition) is 1. The molecule has 1 aromatic heterocycles. The summed E-state index contributed by atoms with van der Waals surface area (Å²) in [5.74, 6) is 1.68. The highest BCUT2D eigenvalue weighted by Crippen LogP contribution is 2.24. The van der Waals surface area contributed by atoms with Gasteiger partial charge in [-0.15, -0.1) is 0 Å². The maximum Gasteiger partial charge on any atom is 0.237 e. The maximum absolute atomic E-state index is 12.8. The van der Waals surface area contributed by atoms with E-state index in [1.807, 2.05) is 11.1 Å². The van der Waals surface area contributed by atoms with E-state index < -0.39 is 0 Å². The summed E-state index contributed by atoms with van der Waals surface area (Å²) in [7, 11) is 0. The predicted octanol–water partition coefficient (Wildman–Crippen LogP) is 1.70. The molecular weight excluding hydrogens is 326 g/mol. The van der Waals surface area contributed by atoms with Crippen molar-refractivity contribution < 1.29 is 4.79 Å². The van der Waals surface area contributed by atoms with Crippen molar-refractivity contribution in [3.05, 3.63) is 23.3 Å². The molecule has 2 fully saturated rings. The standard InChI is InChI=1S/C20H31N5O/c1-15-5-2-3-9-24(15)14-19(26)25-10-7-18-17(13-25)12-22-20(23-18)16-6-4-8-21-11-16/h12,15-16,21H,2-11,13-14H2,1H3. The monoisotopic (exact) mass is 357 g/mol. The number of nitrogens with zero attached hydrogens (tertiary/aromatic N) is 4. The minimum Gasteiger partial charge on any atom is -0.337 e. The number of likely N-dealkylation sites (tertiary alicyclic amines) is 1. The van der Waals surface area contributed by atoms with Gasteiger partial charge in [-0.3, -0.25) is 9.69 Å². The second kappa shape index (κ2) is 8.01. The minimum absolute atomic E-state index is 0.255. The van der Waals surface area contributed by atoms with Gasteiger partial charge in [0.25, 0.3) is 0 Å². The first-order chi connectivity index (χ1) is 12.7. The first-order valence-electron chi connectivity index (χ1n) is 10.3. The van der Waals surface area contributed by atoms with Gasteiger partial charge in [0.1, 0.15) is 5.82 Å². The van der Waals surface area contributed by atoms with Gasteiger partial charge in [0.2, 0.25) is 5.91 Å². The van der Waals surface area contributed by atoms with E-state index in [2.05, 4.69) is 22.1 Å². The number of carbonyl (C=O) groups excluding carboxylic acids is 1. The molecule has 2 saturated heterocycles. The summed E-state index contributed by atoms with van der Waals surface area (Å²) in [6, 6.07) is 0.528. The normalized spacial score (nSPS) is 27.2. The molecule has 4 heterocycles. The smallest absolute Gasteiger partial charge is 0.237 e. The molecule has 2 unspecified atom stereocenters. The Labute approximate surface area is 156 Å². The van der Waals surface area contributed by atoms with Crippen LogP contribution in [0.5, 0.6) is 0 Å². The van der Waals surface area contributed by atoms with Gasteiger partial charge in [0, 0.05) is 49.8 Å². The van der Waals surface area contributed by atoms with Crippen LogP contribution in [0.1, 0.15) is 62.0 Å². The number of nitrogens with one attached hydrogen (secondary N) is 1. The van der Waals surface area contributed by atoms with Gasteiger partial charge in [-0.2, -0.15) is 0 Å². The molecule has 26 heavy (non-hydrogen) atoms. The number of carbonyl (C=O) groups is 1. The third-order valence-corrected chi connectivity index (χ3v) is 6.25. The Hall–Kier alpha value is -1.53. The fourth-order valence-corrected chi connectivity index (χ4v) is 4.48. The van der Waals surface area contributed by atoms with Crippen LogP contribution in [-0.4, -0.2) is 64.4 Å². The van der Waals surface area contributed by atoms with Crippen LogP contribution in [0, 0.1) is 0 Å². The molecule has 0 radical (unpaired) electrons. The van der Waals surface area contributed by atoms with Crippen molar-refractivity contribution in [2.45, 2.75) is 64.0 Å². The topological polar surface area (TPSA) is 61.4 Å². The van der Waals surface area contributed by atoms with E-state index in [0.717, 1.165) is 49.7 Å². The first kappa shape index (κ1) is 17.9. The Morgan fingerprint density at radius 2 is 2.19 bits per heavy atom. The molecule has 4 rings (SSSR count). The summed E-state index contributed by atoms with van der Waals surface area (Å²) in [5.41, 5.74) is 2.28. The summed E-state index contributed by atoms with van der Waals surface area (Å²) in [5, 5.41) is 3.44. The predicted molar refractivity (Wildman–Crippen MR) is 101 cm³/mol. The van der Waals surface area contributed by atoms with Crippen molar-refractivity contribution in [3.8, 4) is 0 Å². The summed E-state index contributed by atoms with van der Waals surface area (Å²) in [6.07, 6.45) is 8.91. The van der Waals surface area contributed by atoms with Crippen LogP contribution in [-0.2, 0) is 17.8 Å². The molecule has 1 aromatic rings. The number of aromatic nitrogens is 2. The third-order valence-electron chi connectivity index (χ3n) is 6.25. The van der Waals surface area contributed by atoms with Crippen LogP contribution < -0.4 is 5.32 Å². The van der Waals surface area contributed by atoms with Crippen molar-refractivity contribution in [3.63, 3.8) is 0 Å². The average Bonchev–Trinajstić information content (AvgIpc) is 2.69. The lowest BCUT2D eigenvalue weighted by atomic mass is 9.98. The van der Waals surface area contributed by atoms with E-state index in [0.29, 0.717) is 25.0 Å². The fraction of sp³-hybridized carbons (Fsp3) is 0.750. The fourth-order valence-electron chi connectivity index (χ4n) is 4.48. The third kappa shape index (κ3) is 3.91. The molecule has 3 aliphatic rings. The van der Waals surface area contributed by atoms with Crippen molar-refractivity contribution >= 4 is 5.91 Å². The zero-order valence-corrected chi connectivity index (χ0v) is 15.9. The van der Waals surface area contributed by atoms with Crippen molar-refractivity contribution in [2.75, 3.05) is 32.7 Å². The molecule has 3 aliphatic heterocycles. The summed E-state index contributed by atoms with van der Waals surface area (Å²) < 4.78 is 0. The Bertz CT molecular complexity index is 643. The number of hydrogen-bond acceptors (Lipinski definition) is 5. The van der Waals surface area contributed by atoms with Crippen LogP contribution in [0.15, 0.2) is 6.20 Å². The van der Waals surface area contributed by atoms with Gasteiger partial charge < -0.3 is 10.2 Å². The van der Waals surface area contributed by atoms with E-state index >= 15 is 0 Å². The molecule has 1 N–H and O–H groups in total. The molecule has 6 heteroatoms. The molecule has 0 bridgehead atoms. The van der Waals surface area contributed by atoms with E-state index in [1.165, 1.54) is 32.1 Å². The van der Waals surface area contributed by atoms with Gasteiger partial charge in [-0.05, 0) is 45.7 Å². The zero-order valence-electron chi connectivity index (χ0n) is 15.9. The molecule has 2 atom stereocenters. The SMILES string of the molecule is CC1CCCCN1CC(=O)N1CCc2nc(C3CCCNC3)ncc2C1. The second-order valence-electron chi connectivity index (χ2n) is 8.12. The summed E-state index contributed by atoms with van der Waals surface area (Å²) in [6.45, 7) is 7.40.